The van der Waals surface area contributed by atoms with Crippen molar-refractivity contribution in [1.82, 2.24) is 4.90 Å². The fourth-order valence-electron chi connectivity index (χ4n) is 1.47. The SMILES string of the molecule is C=C(C)N1C=C(C#N)C(C)C1C. The van der Waals surface area contributed by atoms with E-state index >= 15 is 0 Å². The molecule has 2 nitrogen and oxygen atoms in total. The molecule has 0 saturated heterocycles. The summed E-state index contributed by atoms with van der Waals surface area (Å²) in [5.74, 6) is 0.326. The first kappa shape index (κ1) is 8.86. The molecule has 0 aromatic carbocycles. The Labute approximate surface area is 73.8 Å². The average molecular weight is 162 g/mol. The summed E-state index contributed by atoms with van der Waals surface area (Å²) in [5, 5.41) is 8.78. The smallest absolute Gasteiger partial charge is 0.0966 e. The Morgan fingerprint density at radius 1 is 1.67 bits per heavy atom. The highest BCUT2D eigenvalue weighted by molar-refractivity contribution is 5.30. The molecule has 0 saturated carbocycles. The number of nitrogens with zero attached hydrogens (tertiary/aromatic N) is 2. The van der Waals surface area contributed by atoms with Crippen LogP contribution in [-0.2, 0) is 0 Å². The maximum Gasteiger partial charge on any atom is 0.0966 e. The van der Waals surface area contributed by atoms with E-state index in [1.807, 2.05) is 13.1 Å². The van der Waals surface area contributed by atoms with Crippen LogP contribution < -0.4 is 0 Å². The van der Waals surface area contributed by atoms with Gasteiger partial charge < -0.3 is 4.90 Å². The van der Waals surface area contributed by atoms with Crippen molar-refractivity contribution in [3.05, 3.63) is 24.0 Å². The van der Waals surface area contributed by atoms with Crippen molar-refractivity contribution in [3.8, 4) is 6.07 Å². The van der Waals surface area contributed by atoms with Crippen LogP contribution in [-0.4, -0.2) is 10.9 Å². The summed E-state index contributed by atoms with van der Waals surface area (Å²) in [7, 11) is 0. The molecule has 0 amide bonds. The first-order valence-electron chi connectivity index (χ1n) is 4.13. The van der Waals surface area contributed by atoms with Crippen LogP contribution in [0.5, 0.6) is 0 Å². The van der Waals surface area contributed by atoms with Crippen LogP contribution in [0.2, 0.25) is 0 Å². The van der Waals surface area contributed by atoms with E-state index in [0.717, 1.165) is 11.3 Å². The second-order valence-corrected chi connectivity index (χ2v) is 3.37. The van der Waals surface area contributed by atoms with Crippen molar-refractivity contribution in [2.24, 2.45) is 5.92 Å². The highest BCUT2D eigenvalue weighted by Gasteiger charge is 2.28. The van der Waals surface area contributed by atoms with Crippen LogP contribution in [0.15, 0.2) is 24.0 Å². The molecule has 1 heterocycles. The lowest BCUT2D eigenvalue weighted by molar-refractivity contribution is 0.341. The molecule has 0 aromatic rings. The van der Waals surface area contributed by atoms with Gasteiger partial charge in [0.2, 0.25) is 0 Å². The molecule has 0 aliphatic carbocycles. The molecule has 0 radical (unpaired) electrons. The van der Waals surface area contributed by atoms with Gasteiger partial charge >= 0.3 is 0 Å². The Kier molecular flexibility index (Phi) is 2.23. The maximum absolute atomic E-state index is 8.78. The van der Waals surface area contributed by atoms with Crippen LogP contribution in [0.25, 0.3) is 0 Å². The summed E-state index contributed by atoms with van der Waals surface area (Å²) in [4.78, 5) is 2.06. The summed E-state index contributed by atoms with van der Waals surface area (Å²) < 4.78 is 0. The molecule has 2 atom stereocenters. The van der Waals surface area contributed by atoms with Crippen LogP contribution >= 0.6 is 0 Å². The Bertz CT molecular complexity index is 270. The Morgan fingerprint density at radius 2 is 2.25 bits per heavy atom. The number of rotatable bonds is 1. The van der Waals surface area contributed by atoms with Crippen molar-refractivity contribution >= 4 is 0 Å². The third kappa shape index (κ3) is 1.23. The minimum atomic E-state index is 0.326. The molecule has 0 spiro atoms. The molecule has 1 aliphatic rings. The summed E-state index contributed by atoms with van der Waals surface area (Å²) in [6.07, 6.45) is 1.90. The number of nitriles is 1. The lowest BCUT2D eigenvalue weighted by atomic mass is 9.99. The largest absolute Gasteiger partial charge is 0.348 e. The molecule has 1 rings (SSSR count). The highest BCUT2D eigenvalue weighted by Crippen LogP contribution is 2.29. The van der Waals surface area contributed by atoms with E-state index in [1.54, 1.807) is 0 Å². The molecule has 0 N–H and O–H groups in total. The lowest BCUT2D eigenvalue weighted by Crippen LogP contribution is -2.25. The van der Waals surface area contributed by atoms with Crippen LogP contribution in [0.4, 0.5) is 0 Å². The van der Waals surface area contributed by atoms with Gasteiger partial charge in [0.15, 0.2) is 0 Å². The number of allylic oxidation sites excluding steroid dienone is 1. The van der Waals surface area contributed by atoms with Crippen LogP contribution in [0.1, 0.15) is 20.8 Å². The van der Waals surface area contributed by atoms with Gasteiger partial charge in [-0.05, 0) is 13.8 Å². The molecule has 1 aliphatic heterocycles. The predicted molar refractivity (Wildman–Crippen MR) is 49.0 cm³/mol. The van der Waals surface area contributed by atoms with Gasteiger partial charge in [0, 0.05) is 23.9 Å². The zero-order valence-electron chi connectivity index (χ0n) is 7.83. The van der Waals surface area contributed by atoms with Crippen LogP contribution in [0.3, 0.4) is 0 Å². The van der Waals surface area contributed by atoms with Crippen LogP contribution in [0, 0.1) is 17.2 Å². The van der Waals surface area contributed by atoms with Gasteiger partial charge in [-0.3, -0.25) is 0 Å². The van der Waals surface area contributed by atoms with Crippen molar-refractivity contribution in [2.75, 3.05) is 0 Å². The molecular weight excluding hydrogens is 148 g/mol. The normalized spacial score (nSPS) is 28.2. The zero-order valence-corrected chi connectivity index (χ0v) is 7.83. The van der Waals surface area contributed by atoms with Gasteiger partial charge in [-0.2, -0.15) is 5.26 Å². The second-order valence-electron chi connectivity index (χ2n) is 3.37. The molecule has 0 bridgehead atoms. The highest BCUT2D eigenvalue weighted by atomic mass is 15.2. The summed E-state index contributed by atoms with van der Waals surface area (Å²) in [5.41, 5.74) is 1.85. The fraction of sp³-hybridized carbons (Fsp3) is 0.500. The molecule has 0 fully saturated rings. The lowest BCUT2D eigenvalue weighted by Gasteiger charge is -2.24. The second kappa shape index (κ2) is 3.02. The van der Waals surface area contributed by atoms with Gasteiger partial charge in [-0.1, -0.05) is 13.5 Å². The Hall–Kier alpha value is -1.23. The van der Waals surface area contributed by atoms with Gasteiger partial charge in [-0.25, -0.2) is 0 Å². The minimum absolute atomic E-state index is 0.326. The predicted octanol–water partition coefficient (Wildman–Crippen LogP) is 2.27. The minimum Gasteiger partial charge on any atom is -0.348 e. The van der Waals surface area contributed by atoms with E-state index in [2.05, 4.69) is 31.4 Å². The first-order chi connectivity index (χ1) is 5.57. The molecular formula is C10H14N2. The van der Waals surface area contributed by atoms with Crippen molar-refractivity contribution in [3.63, 3.8) is 0 Å². The molecule has 12 heavy (non-hydrogen) atoms. The average Bonchev–Trinajstić information content (AvgIpc) is 2.30. The topological polar surface area (TPSA) is 27.0 Å². The zero-order chi connectivity index (χ0) is 9.30. The Morgan fingerprint density at radius 3 is 2.50 bits per heavy atom. The summed E-state index contributed by atoms with van der Waals surface area (Å²) in [6, 6.07) is 2.58. The standard InChI is InChI=1S/C10H14N2/c1-7(2)12-6-10(5-11)8(3)9(12)4/h6,8-9H,1H2,2-4H3. The van der Waals surface area contributed by atoms with E-state index in [0.29, 0.717) is 12.0 Å². The summed E-state index contributed by atoms with van der Waals surface area (Å²) in [6.45, 7) is 10.0. The van der Waals surface area contributed by atoms with Gasteiger partial charge in [-0.15, -0.1) is 0 Å². The molecule has 2 unspecified atom stereocenters. The maximum atomic E-state index is 8.78. The van der Waals surface area contributed by atoms with E-state index in [1.165, 1.54) is 0 Å². The Balaban J connectivity index is 2.91. The van der Waals surface area contributed by atoms with Gasteiger partial charge in [0.25, 0.3) is 0 Å². The van der Waals surface area contributed by atoms with E-state index < -0.39 is 0 Å². The third-order valence-electron chi connectivity index (χ3n) is 2.50. The quantitative estimate of drug-likeness (QED) is 0.591. The van der Waals surface area contributed by atoms with Gasteiger partial charge in [0.1, 0.15) is 0 Å². The van der Waals surface area contributed by atoms with Crippen molar-refractivity contribution < 1.29 is 0 Å². The monoisotopic (exact) mass is 162 g/mol. The number of hydrogen-bond acceptors (Lipinski definition) is 2. The molecule has 0 aromatic heterocycles. The number of hydrogen-bond donors (Lipinski definition) is 0. The summed E-state index contributed by atoms with van der Waals surface area (Å²) >= 11 is 0. The van der Waals surface area contributed by atoms with E-state index in [4.69, 9.17) is 5.26 Å². The third-order valence-corrected chi connectivity index (χ3v) is 2.50. The van der Waals surface area contributed by atoms with E-state index in [-0.39, 0.29) is 0 Å². The van der Waals surface area contributed by atoms with E-state index in [9.17, 15) is 0 Å². The van der Waals surface area contributed by atoms with Gasteiger partial charge in [0.05, 0.1) is 11.6 Å². The van der Waals surface area contributed by atoms with Crippen molar-refractivity contribution in [1.29, 1.82) is 5.26 Å². The fourth-order valence-corrected chi connectivity index (χ4v) is 1.47. The molecule has 2 heteroatoms. The van der Waals surface area contributed by atoms with Crippen molar-refractivity contribution in [2.45, 2.75) is 26.8 Å². The molecule has 64 valence electrons. The first-order valence-corrected chi connectivity index (χ1v) is 4.13.